The van der Waals surface area contributed by atoms with E-state index < -0.39 is 0 Å². The molecule has 1 aromatic heterocycles. The third kappa shape index (κ3) is 4.22. The molecule has 2 aromatic rings. The summed E-state index contributed by atoms with van der Waals surface area (Å²) in [6.07, 6.45) is 1.87. The molecule has 1 atom stereocenters. The van der Waals surface area contributed by atoms with Crippen LogP contribution in [0.15, 0.2) is 30.3 Å². The summed E-state index contributed by atoms with van der Waals surface area (Å²) in [4.78, 5) is 25.9. The number of hydrogen-bond donors (Lipinski definition) is 3. The summed E-state index contributed by atoms with van der Waals surface area (Å²) < 4.78 is 5.50. The highest BCUT2D eigenvalue weighted by Crippen LogP contribution is 2.53. The van der Waals surface area contributed by atoms with Crippen LogP contribution in [0.1, 0.15) is 19.8 Å². The van der Waals surface area contributed by atoms with Crippen molar-refractivity contribution >= 4 is 23.5 Å². The molecule has 3 fully saturated rings. The standard InChI is InChI=1S/C23H30N6O3/c1-2-24-22(31)25-17-5-3-16(4-6-17)18-13-20(29-14-19(30)23(15-29)7-8-23)27-21(26-18)28-9-11-32-12-10-28/h3-6,13,19,30H,2,7-12,14-15H2,1H3,(H2,24,25,31). The Kier molecular flexibility index (Phi) is 5.60. The summed E-state index contributed by atoms with van der Waals surface area (Å²) in [6, 6.07) is 9.44. The van der Waals surface area contributed by atoms with Crippen molar-refractivity contribution in [3.8, 4) is 11.3 Å². The molecule has 1 aromatic carbocycles. The van der Waals surface area contributed by atoms with Crippen LogP contribution in [-0.4, -0.2) is 73.1 Å². The molecule has 2 aliphatic heterocycles. The Balaban J connectivity index is 1.43. The van der Waals surface area contributed by atoms with Crippen molar-refractivity contribution in [2.24, 2.45) is 5.41 Å². The maximum absolute atomic E-state index is 11.8. The van der Waals surface area contributed by atoms with Gasteiger partial charge in [-0.25, -0.2) is 9.78 Å². The van der Waals surface area contributed by atoms with E-state index in [2.05, 4.69) is 20.4 Å². The molecule has 1 spiro atoms. The van der Waals surface area contributed by atoms with Crippen LogP contribution in [0.25, 0.3) is 11.3 Å². The number of nitrogens with one attached hydrogen (secondary N) is 2. The molecule has 1 unspecified atom stereocenters. The van der Waals surface area contributed by atoms with Gasteiger partial charge in [0.05, 0.1) is 25.0 Å². The number of nitrogens with zero attached hydrogens (tertiary/aromatic N) is 4. The van der Waals surface area contributed by atoms with Crippen LogP contribution in [0, 0.1) is 5.41 Å². The zero-order chi connectivity index (χ0) is 22.1. The number of urea groups is 1. The van der Waals surface area contributed by atoms with Gasteiger partial charge in [-0.3, -0.25) is 0 Å². The van der Waals surface area contributed by atoms with E-state index in [9.17, 15) is 9.90 Å². The van der Waals surface area contributed by atoms with E-state index in [1.165, 1.54) is 0 Å². The van der Waals surface area contributed by atoms with Crippen molar-refractivity contribution < 1.29 is 14.6 Å². The molecule has 5 rings (SSSR count). The van der Waals surface area contributed by atoms with Gasteiger partial charge in [0.1, 0.15) is 5.82 Å². The van der Waals surface area contributed by atoms with Crippen molar-refractivity contribution in [2.45, 2.75) is 25.9 Å². The molecule has 3 aliphatic rings. The number of morpholine rings is 1. The lowest BCUT2D eigenvalue weighted by atomic mass is 10.0. The number of aromatic nitrogens is 2. The molecular formula is C23H30N6O3. The molecule has 1 saturated carbocycles. The van der Waals surface area contributed by atoms with Crippen molar-refractivity contribution in [1.29, 1.82) is 0 Å². The first kappa shape index (κ1) is 21.0. The van der Waals surface area contributed by atoms with E-state index in [-0.39, 0.29) is 17.6 Å². The van der Waals surface area contributed by atoms with Gasteiger partial charge in [0.25, 0.3) is 0 Å². The Morgan fingerprint density at radius 3 is 2.59 bits per heavy atom. The van der Waals surface area contributed by atoms with Crippen LogP contribution >= 0.6 is 0 Å². The van der Waals surface area contributed by atoms with Crippen LogP contribution in [-0.2, 0) is 4.74 Å². The number of carbonyl (C=O) groups excluding carboxylic acids is 1. The number of amides is 2. The molecule has 32 heavy (non-hydrogen) atoms. The normalized spacial score (nSPS) is 21.6. The Labute approximate surface area is 187 Å². The molecule has 3 heterocycles. The molecule has 2 amide bonds. The van der Waals surface area contributed by atoms with Gasteiger partial charge in [0.2, 0.25) is 5.95 Å². The number of rotatable bonds is 5. The van der Waals surface area contributed by atoms with Gasteiger partial charge in [-0.2, -0.15) is 4.98 Å². The molecule has 170 valence electrons. The largest absolute Gasteiger partial charge is 0.391 e. The smallest absolute Gasteiger partial charge is 0.319 e. The van der Waals surface area contributed by atoms with Crippen LogP contribution in [0.3, 0.4) is 0 Å². The number of aliphatic hydroxyl groups is 1. The number of β-amino-alcohol motifs (C(OH)–C–C–N with tert-alkyl or cyclic N) is 1. The van der Waals surface area contributed by atoms with Gasteiger partial charge in [-0.15, -0.1) is 0 Å². The predicted octanol–water partition coefficient (Wildman–Crippen LogP) is 2.08. The summed E-state index contributed by atoms with van der Waals surface area (Å²) in [6.45, 7) is 6.73. The van der Waals surface area contributed by atoms with Crippen LogP contribution < -0.4 is 20.4 Å². The lowest BCUT2D eigenvalue weighted by Crippen LogP contribution is -2.37. The lowest BCUT2D eigenvalue weighted by molar-refractivity contribution is 0.122. The van der Waals surface area contributed by atoms with Gasteiger partial charge in [-0.05, 0) is 31.9 Å². The first-order valence-electron chi connectivity index (χ1n) is 11.4. The van der Waals surface area contributed by atoms with Gasteiger partial charge in [0, 0.05) is 55.5 Å². The predicted molar refractivity (Wildman–Crippen MR) is 123 cm³/mol. The minimum atomic E-state index is -0.299. The summed E-state index contributed by atoms with van der Waals surface area (Å²) in [5.74, 6) is 1.54. The minimum Gasteiger partial charge on any atom is -0.391 e. The Hall–Kier alpha value is -2.91. The zero-order valence-electron chi connectivity index (χ0n) is 18.4. The zero-order valence-corrected chi connectivity index (χ0v) is 18.4. The number of ether oxygens (including phenoxy) is 1. The van der Waals surface area contributed by atoms with E-state index in [0.717, 1.165) is 55.2 Å². The number of anilines is 3. The van der Waals surface area contributed by atoms with Gasteiger partial charge in [-0.1, -0.05) is 12.1 Å². The molecule has 0 bridgehead atoms. The van der Waals surface area contributed by atoms with Gasteiger partial charge < -0.3 is 30.3 Å². The highest BCUT2D eigenvalue weighted by molar-refractivity contribution is 5.89. The van der Waals surface area contributed by atoms with Crippen LogP contribution in [0.2, 0.25) is 0 Å². The first-order chi connectivity index (χ1) is 15.6. The SMILES string of the molecule is CCNC(=O)Nc1ccc(-c2cc(N3CC(O)C4(CC4)C3)nc(N3CCOCC3)n2)cc1. The second-order valence-electron chi connectivity index (χ2n) is 8.83. The summed E-state index contributed by atoms with van der Waals surface area (Å²) in [5, 5.41) is 16.1. The van der Waals surface area contributed by atoms with E-state index in [0.29, 0.717) is 32.3 Å². The van der Waals surface area contributed by atoms with E-state index >= 15 is 0 Å². The lowest BCUT2D eigenvalue weighted by Gasteiger charge is -2.28. The van der Waals surface area contributed by atoms with Gasteiger partial charge >= 0.3 is 6.03 Å². The summed E-state index contributed by atoms with van der Waals surface area (Å²) in [7, 11) is 0. The average Bonchev–Trinajstić information content (AvgIpc) is 3.52. The van der Waals surface area contributed by atoms with E-state index in [4.69, 9.17) is 14.7 Å². The molecular weight excluding hydrogens is 408 g/mol. The second kappa shape index (κ2) is 8.55. The van der Waals surface area contributed by atoms with Crippen molar-refractivity contribution in [3.63, 3.8) is 0 Å². The fraction of sp³-hybridized carbons (Fsp3) is 0.522. The Bertz CT molecular complexity index is 972. The monoisotopic (exact) mass is 438 g/mol. The highest BCUT2D eigenvalue weighted by Gasteiger charge is 2.54. The summed E-state index contributed by atoms with van der Waals surface area (Å²) >= 11 is 0. The number of aliphatic hydroxyl groups excluding tert-OH is 1. The van der Waals surface area contributed by atoms with E-state index in [1.54, 1.807) is 0 Å². The molecule has 2 saturated heterocycles. The topological polar surface area (TPSA) is 103 Å². The van der Waals surface area contributed by atoms with Crippen LogP contribution in [0.5, 0.6) is 0 Å². The minimum absolute atomic E-state index is 0.0522. The quantitative estimate of drug-likeness (QED) is 0.657. The molecule has 0 radical (unpaired) electrons. The third-order valence-corrected chi connectivity index (χ3v) is 6.59. The molecule has 9 heteroatoms. The van der Waals surface area contributed by atoms with E-state index in [1.807, 2.05) is 37.3 Å². The fourth-order valence-electron chi connectivity index (χ4n) is 4.48. The van der Waals surface area contributed by atoms with Crippen molar-refractivity contribution in [1.82, 2.24) is 15.3 Å². The second-order valence-corrected chi connectivity index (χ2v) is 8.83. The maximum Gasteiger partial charge on any atom is 0.319 e. The molecule has 1 aliphatic carbocycles. The first-order valence-corrected chi connectivity index (χ1v) is 11.4. The van der Waals surface area contributed by atoms with Crippen LogP contribution in [0.4, 0.5) is 22.2 Å². The van der Waals surface area contributed by atoms with Gasteiger partial charge in [0.15, 0.2) is 0 Å². The number of hydrogen-bond acceptors (Lipinski definition) is 7. The Morgan fingerprint density at radius 2 is 1.94 bits per heavy atom. The highest BCUT2D eigenvalue weighted by atomic mass is 16.5. The molecule has 3 N–H and O–H groups in total. The van der Waals surface area contributed by atoms with Crippen molar-refractivity contribution in [2.75, 3.05) is 61.1 Å². The molecule has 9 nitrogen and oxygen atoms in total. The summed E-state index contributed by atoms with van der Waals surface area (Å²) in [5.41, 5.74) is 2.55. The fourth-order valence-corrected chi connectivity index (χ4v) is 4.48. The van der Waals surface area contributed by atoms with Crippen molar-refractivity contribution in [3.05, 3.63) is 30.3 Å². The Morgan fingerprint density at radius 1 is 1.19 bits per heavy atom. The third-order valence-electron chi connectivity index (χ3n) is 6.59. The number of benzene rings is 1. The average molecular weight is 439 g/mol. The maximum atomic E-state index is 11.8. The number of carbonyl (C=O) groups is 1.